The van der Waals surface area contributed by atoms with E-state index in [2.05, 4.69) is 9.71 Å². The van der Waals surface area contributed by atoms with E-state index in [4.69, 9.17) is 11.6 Å². The Kier molecular flexibility index (Phi) is 4.14. The molecular weight excluding hydrogens is 312 g/mol. The molecule has 1 aliphatic heterocycles. The first-order chi connectivity index (χ1) is 8.78. The van der Waals surface area contributed by atoms with Gasteiger partial charge in [-0.15, -0.1) is 0 Å². The summed E-state index contributed by atoms with van der Waals surface area (Å²) in [6.07, 6.45) is 2.26. The van der Waals surface area contributed by atoms with Gasteiger partial charge >= 0.3 is 0 Å². The number of rotatable bonds is 3. The molecule has 2 rings (SSSR count). The Morgan fingerprint density at radius 2 is 2.16 bits per heavy atom. The van der Waals surface area contributed by atoms with E-state index in [9.17, 15) is 16.8 Å². The van der Waals surface area contributed by atoms with Crippen LogP contribution in [0.1, 0.15) is 12.8 Å². The Morgan fingerprint density at radius 3 is 2.79 bits per heavy atom. The molecule has 1 fully saturated rings. The molecule has 1 aromatic heterocycles. The predicted octanol–water partition coefficient (Wildman–Crippen LogP) is 0.590. The van der Waals surface area contributed by atoms with Crippen LogP contribution in [0.2, 0.25) is 5.15 Å². The number of aromatic nitrogens is 1. The largest absolute Gasteiger partial charge is 0.244 e. The van der Waals surface area contributed by atoms with E-state index in [1.54, 1.807) is 0 Å². The van der Waals surface area contributed by atoms with Crippen molar-refractivity contribution in [1.82, 2.24) is 9.71 Å². The molecule has 6 nitrogen and oxygen atoms in total. The summed E-state index contributed by atoms with van der Waals surface area (Å²) in [5, 5.41) is 0.0686. The first kappa shape index (κ1) is 14.7. The fourth-order valence-corrected chi connectivity index (χ4v) is 5.22. The smallest absolute Gasteiger partial charge is 0.241 e. The lowest BCUT2D eigenvalue weighted by Crippen LogP contribution is -2.43. The molecule has 19 heavy (non-hydrogen) atoms. The van der Waals surface area contributed by atoms with Crippen LogP contribution >= 0.6 is 11.6 Å². The normalized spacial score (nSPS) is 23.1. The van der Waals surface area contributed by atoms with Crippen LogP contribution in [0.3, 0.4) is 0 Å². The van der Waals surface area contributed by atoms with Crippen LogP contribution in [-0.4, -0.2) is 39.4 Å². The Bertz CT molecular complexity index is 673. The Labute approximate surface area is 117 Å². The summed E-state index contributed by atoms with van der Waals surface area (Å²) in [5.41, 5.74) is 0. The highest BCUT2D eigenvalue weighted by molar-refractivity contribution is 7.91. The second kappa shape index (κ2) is 5.35. The second-order valence-corrected chi connectivity index (χ2v) is 8.72. The number of hydrogen-bond donors (Lipinski definition) is 1. The SMILES string of the molecule is O=S1(=O)CCCC(NS(=O)(=O)c2ccnc(Cl)c2)C1. The fraction of sp³-hybridized carbons (Fsp3) is 0.500. The van der Waals surface area contributed by atoms with E-state index in [0.29, 0.717) is 12.8 Å². The molecule has 0 spiro atoms. The van der Waals surface area contributed by atoms with E-state index in [1.165, 1.54) is 18.3 Å². The molecule has 9 heteroatoms. The molecule has 1 aromatic rings. The van der Waals surface area contributed by atoms with Gasteiger partial charge in [-0.3, -0.25) is 0 Å². The van der Waals surface area contributed by atoms with E-state index in [-0.39, 0.29) is 21.6 Å². The molecule has 0 radical (unpaired) electrons. The number of halogens is 1. The summed E-state index contributed by atoms with van der Waals surface area (Å²) >= 11 is 5.64. The van der Waals surface area contributed by atoms with Gasteiger partial charge in [-0.1, -0.05) is 11.6 Å². The highest BCUT2D eigenvalue weighted by Gasteiger charge is 2.28. The summed E-state index contributed by atoms with van der Waals surface area (Å²) in [7, 11) is -6.93. The monoisotopic (exact) mass is 324 g/mol. The molecule has 0 aromatic carbocycles. The van der Waals surface area contributed by atoms with Gasteiger partial charge in [0.1, 0.15) is 5.15 Å². The van der Waals surface area contributed by atoms with Gasteiger partial charge < -0.3 is 0 Å². The van der Waals surface area contributed by atoms with Crippen molar-refractivity contribution in [1.29, 1.82) is 0 Å². The van der Waals surface area contributed by atoms with E-state index in [1.807, 2.05) is 0 Å². The zero-order valence-corrected chi connectivity index (χ0v) is 12.3. The maximum atomic E-state index is 12.1. The Morgan fingerprint density at radius 1 is 1.42 bits per heavy atom. The van der Waals surface area contributed by atoms with Crippen LogP contribution in [0.5, 0.6) is 0 Å². The molecule has 0 bridgehead atoms. The molecule has 1 atom stereocenters. The van der Waals surface area contributed by atoms with Gasteiger partial charge in [0.15, 0.2) is 9.84 Å². The molecule has 2 heterocycles. The quantitative estimate of drug-likeness (QED) is 0.821. The molecule has 106 valence electrons. The molecule has 0 saturated carbocycles. The summed E-state index contributed by atoms with van der Waals surface area (Å²) in [6, 6.07) is 1.95. The van der Waals surface area contributed by atoms with Crippen molar-refractivity contribution in [3.63, 3.8) is 0 Å². The van der Waals surface area contributed by atoms with Crippen molar-refractivity contribution in [3.05, 3.63) is 23.5 Å². The van der Waals surface area contributed by atoms with Crippen molar-refractivity contribution < 1.29 is 16.8 Å². The fourth-order valence-electron chi connectivity index (χ4n) is 1.96. The number of pyridine rings is 1. The number of nitrogens with one attached hydrogen (secondary N) is 1. The van der Waals surface area contributed by atoms with E-state index >= 15 is 0 Å². The second-order valence-electron chi connectivity index (χ2n) is 4.39. The highest BCUT2D eigenvalue weighted by Crippen LogP contribution is 2.17. The van der Waals surface area contributed by atoms with Crippen LogP contribution in [-0.2, 0) is 19.9 Å². The molecular formula is C10H13ClN2O4S2. The summed E-state index contributed by atoms with van der Waals surface area (Å²) < 4.78 is 49.5. The van der Waals surface area contributed by atoms with E-state index in [0.717, 1.165) is 0 Å². The lowest BCUT2D eigenvalue weighted by molar-refractivity contribution is 0.517. The minimum absolute atomic E-state index is 0.0181. The van der Waals surface area contributed by atoms with Crippen LogP contribution in [0.25, 0.3) is 0 Å². The van der Waals surface area contributed by atoms with Gasteiger partial charge in [0.25, 0.3) is 0 Å². The van der Waals surface area contributed by atoms with Crippen molar-refractivity contribution in [2.24, 2.45) is 0 Å². The standard InChI is InChI=1S/C10H13ClN2O4S2/c11-10-6-9(3-4-12-10)19(16,17)13-8-2-1-5-18(14,15)7-8/h3-4,6,8,13H,1-2,5,7H2. The minimum atomic E-state index is -3.77. The topological polar surface area (TPSA) is 93.2 Å². The van der Waals surface area contributed by atoms with Crippen LogP contribution in [0.4, 0.5) is 0 Å². The molecule has 1 unspecified atom stereocenters. The number of nitrogens with zero attached hydrogens (tertiary/aromatic N) is 1. The molecule has 1 aliphatic rings. The third-order valence-electron chi connectivity index (χ3n) is 2.79. The highest BCUT2D eigenvalue weighted by atomic mass is 35.5. The average molecular weight is 325 g/mol. The Balaban J connectivity index is 2.18. The van der Waals surface area contributed by atoms with Crippen molar-refractivity contribution in [2.45, 2.75) is 23.8 Å². The van der Waals surface area contributed by atoms with Gasteiger partial charge in [0.2, 0.25) is 10.0 Å². The molecule has 1 saturated heterocycles. The van der Waals surface area contributed by atoms with Crippen LogP contribution in [0, 0.1) is 0 Å². The summed E-state index contributed by atoms with van der Waals surface area (Å²) in [4.78, 5) is 3.68. The lowest BCUT2D eigenvalue weighted by Gasteiger charge is -2.22. The molecule has 1 N–H and O–H groups in total. The van der Waals surface area contributed by atoms with Crippen molar-refractivity contribution in [2.75, 3.05) is 11.5 Å². The molecule has 0 aliphatic carbocycles. The molecule has 0 amide bonds. The van der Waals surface area contributed by atoms with Gasteiger partial charge in [-0.2, -0.15) is 0 Å². The number of hydrogen-bond acceptors (Lipinski definition) is 5. The summed E-state index contributed by atoms with van der Waals surface area (Å²) in [5.74, 6) is -0.0443. The maximum Gasteiger partial charge on any atom is 0.241 e. The zero-order chi connectivity index (χ0) is 14.1. The lowest BCUT2D eigenvalue weighted by atomic mass is 10.2. The van der Waals surface area contributed by atoms with Crippen LogP contribution < -0.4 is 4.72 Å². The van der Waals surface area contributed by atoms with Gasteiger partial charge in [-0.05, 0) is 25.0 Å². The maximum absolute atomic E-state index is 12.1. The third kappa shape index (κ3) is 3.88. The zero-order valence-electron chi connectivity index (χ0n) is 9.91. The first-order valence-corrected chi connectivity index (χ1v) is 9.31. The van der Waals surface area contributed by atoms with Crippen molar-refractivity contribution >= 4 is 31.5 Å². The third-order valence-corrected chi connectivity index (χ3v) is 6.34. The van der Waals surface area contributed by atoms with Gasteiger partial charge in [0.05, 0.1) is 16.4 Å². The van der Waals surface area contributed by atoms with Crippen molar-refractivity contribution in [3.8, 4) is 0 Å². The number of sulfone groups is 1. The van der Waals surface area contributed by atoms with Gasteiger partial charge in [0, 0.05) is 12.2 Å². The first-order valence-electron chi connectivity index (χ1n) is 5.63. The predicted molar refractivity (Wildman–Crippen MR) is 71.2 cm³/mol. The Hall–Kier alpha value is -0.700. The van der Waals surface area contributed by atoms with E-state index < -0.39 is 25.9 Å². The summed E-state index contributed by atoms with van der Waals surface area (Å²) in [6.45, 7) is 0. The number of sulfonamides is 1. The van der Waals surface area contributed by atoms with Crippen LogP contribution in [0.15, 0.2) is 23.2 Å². The minimum Gasteiger partial charge on any atom is -0.244 e. The average Bonchev–Trinajstić information content (AvgIpc) is 2.27. The van der Waals surface area contributed by atoms with Gasteiger partial charge in [-0.25, -0.2) is 26.5 Å².